The number of piperidine rings is 1. The van der Waals surface area contributed by atoms with Gasteiger partial charge in [0.2, 0.25) is 0 Å². The van der Waals surface area contributed by atoms with Gasteiger partial charge in [0, 0.05) is 32.5 Å². The Labute approximate surface area is 333 Å². The van der Waals surface area contributed by atoms with Gasteiger partial charge in [-0.05, 0) is 104 Å². The van der Waals surface area contributed by atoms with Crippen LogP contribution >= 0.6 is 0 Å². The number of rotatable bonds is 32. The van der Waals surface area contributed by atoms with Crippen LogP contribution in [0.1, 0.15) is 181 Å². The van der Waals surface area contributed by atoms with E-state index in [1.165, 1.54) is 103 Å². The van der Waals surface area contributed by atoms with Crippen LogP contribution < -0.4 is 0 Å². The van der Waals surface area contributed by atoms with Crippen molar-refractivity contribution in [2.75, 3.05) is 46.9 Å². The molecule has 0 aromatic heterocycles. The molecule has 2 aliphatic heterocycles. The van der Waals surface area contributed by atoms with Crippen LogP contribution in [0, 0.1) is 0 Å². The highest BCUT2D eigenvalue weighted by atomic mass is 16.8. The molecule has 2 heterocycles. The van der Waals surface area contributed by atoms with E-state index >= 15 is 0 Å². The fourth-order valence-electron chi connectivity index (χ4n) is 7.41. The quantitative estimate of drug-likeness (QED) is 0.0506. The van der Waals surface area contributed by atoms with E-state index in [9.17, 15) is 4.79 Å². The zero-order chi connectivity index (χ0) is 38.8. The molecule has 0 N–H and O–H groups in total. The van der Waals surface area contributed by atoms with Gasteiger partial charge in [0.15, 0.2) is 5.79 Å². The third-order valence-electron chi connectivity index (χ3n) is 10.9. The molecule has 1 atom stereocenters. The fraction of sp³-hybridized carbons (Fsp3) is 0.771. The molecule has 2 fully saturated rings. The summed E-state index contributed by atoms with van der Waals surface area (Å²) >= 11 is 0. The number of likely N-dealkylation sites (N-methyl/N-ethyl adjacent to an activating group) is 1. The fourth-order valence-corrected chi connectivity index (χ4v) is 7.41. The molecular weight excluding hydrogens is 669 g/mol. The highest BCUT2D eigenvalue weighted by Gasteiger charge is 2.51. The molecule has 2 rings (SSSR count). The summed E-state index contributed by atoms with van der Waals surface area (Å²) in [6.45, 7) is 7.61. The lowest BCUT2D eigenvalue weighted by atomic mass is 9.92. The molecule has 6 heteroatoms. The summed E-state index contributed by atoms with van der Waals surface area (Å²) in [4.78, 5) is 16.5. The van der Waals surface area contributed by atoms with Gasteiger partial charge >= 0.3 is 6.09 Å². The Morgan fingerprint density at radius 2 is 1.09 bits per heavy atom. The van der Waals surface area contributed by atoms with Crippen LogP contribution in [0.5, 0.6) is 0 Å². The minimum atomic E-state index is -0.463. The summed E-state index contributed by atoms with van der Waals surface area (Å²) in [5.41, 5.74) is -0.270. The molecule has 0 saturated carbocycles. The molecule has 1 spiro atoms. The first-order valence-corrected chi connectivity index (χ1v) is 22.6. The van der Waals surface area contributed by atoms with Crippen molar-refractivity contribution < 1.29 is 19.0 Å². The molecule has 0 aromatic carbocycles. The van der Waals surface area contributed by atoms with Crippen LogP contribution in [-0.2, 0) is 14.2 Å². The third-order valence-corrected chi connectivity index (χ3v) is 10.9. The van der Waals surface area contributed by atoms with Crippen molar-refractivity contribution in [1.29, 1.82) is 0 Å². The summed E-state index contributed by atoms with van der Waals surface area (Å²) in [5.74, 6) is -0.463. The van der Waals surface area contributed by atoms with E-state index in [-0.39, 0.29) is 11.7 Å². The summed E-state index contributed by atoms with van der Waals surface area (Å²) in [5, 5.41) is 0. The first-order valence-electron chi connectivity index (χ1n) is 22.6. The number of amides is 1. The minimum absolute atomic E-state index is 0.197. The van der Waals surface area contributed by atoms with Gasteiger partial charge in [-0.2, -0.15) is 0 Å². The monoisotopic (exact) mass is 753 g/mol. The minimum Gasteiger partial charge on any atom is -0.448 e. The molecule has 0 bridgehead atoms. The predicted molar refractivity (Wildman–Crippen MR) is 231 cm³/mol. The Balaban J connectivity index is 1.69. The van der Waals surface area contributed by atoms with Crippen LogP contribution in [0.15, 0.2) is 60.8 Å². The molecule has 0 aromatic rings. The Kier molecular flexibility index (Phi) is 28.4. The molecule has 0 radical (unpaired) electrons. The number of ether oxygens (including phenoxy) is 3. The van der Waals surface area contributed by atoms with E-state index < -0.39 is 5.79 Å². The van der Waals surface area contributed by atoms with E-state index in [1.54, 1.807) is 0 Å². The van der Waals surface area contributed by atoms with E-state index in [1.807, 2.05) is 23.9 Å². The van der Waals surface area contributed by atoms with Gasteiger partial charge in [0.1, 0.15) is 6.61 Å². The highest BCUT2D eigenvalue weighted by molar-refractivity contribution is 5.67. The van der Waals surface area contributed by atoms with Gasteiger partial charge in [-0.15, -0.1) is 0 Å². The SMILES string of the molecule is CCC=CCC=CCC=CCCCCCCCCC1(CCCCCCCCC=CCC=CCCCCC)OCC2(CCN(C(=O)OCCN(C)C)CC2)O1. The molecule has 2 saturated heterocycles. The normalized spacial score (nSPS) is 19.1. The second-order valence-electron chi connectivity index (χ2n) is 16.2. The van der Waals surface area contributed by atoms with Gasteiger partial charge in [-0.25, -0.2) is 4.79 Å². The Morgan fingerprint density at radius 3 is 1.59 bits per heavy atom. The number of unbranched alkanes of at least 4 members (excludes halogenated alkanes) is 15. The lowest BCUT2D eigenvalue weighted by Crippen LogP contribution is -2.49. The van der Waals surface area contributed by atoms with E-state index in [0.29, 0.717) is 26.3 Å². The maximum Gasteiger partial charge on any atom is 0.409 e. The lowest BCUT2D eigenvalue weighted by Gasteiger charge is -2.39. The number of carbonyl (C=O) groups excluding carboxylic acids is 1. The van der Waals surface area contributed by atoms with Crippen LogP contribution in [0.4, 0.5) is 4.79 Å². The number of likely N-dealkylation sites (tertiary alicyclic amines) is 1. The van der Waals surface area contributed by atoms with Crippen molar-refractivity contribution in [2.24, 2.45) is 0 Å². The predicted octanol–water partition coefficient (Wildman–Crippen LogP) is 13.4. The first-order chi connectivity index (χ1) is 26.4. The van der Waals surface area contributed by atoms with E-state index in [0.717, 1.165) is 70.8 Å². The number of hydrogen-bond donors (Lipinski definition) is 0. The molecule has 6 nitrogen and oxygen atoms in total. The van der Waals surface area contributed by atoms with Gasteiger partial charge in [0.05, 0.1) is 12.2 Å². The molecular formula is C48H84N2O4. The smallest absolute Gasteiger partial charge is 0.409 e. The summed E-state index contributed by atoms with van der Waals surface area (Å²) in [6.07, 6.45) is 53.5. The van der Waals surface area contributed by atoms with E-state index in [2.05, 4.69) is 74.6 Å². The van der Waals surface area contributed by atoms with Crippen LogP contribution in [0.2, 0.25) is 0 Å². The number of carbonyl (C=O) groups is 1. The van der Waals surface area contributed by atoms with Crippen molar-refractivity contribution >= 4 is 6.09 Å². The molecule has 54 heavy (non-hydrogen) atoms. The topological polar surface area (TPSA) is 51.2 Å². The van der Waals surface area contributed by atoms with Gasteiger partial charge in [-0.3, -0.25) is 0 Å². The second-order valence-corrected chi connectivity index (χ2v) is 16.2. The maximum atomic E-state index is 12.7. The number of hydrogen-bond acceptors (Lipinski definition) is 5. The average Bonchev–Trinajstić information content (AvgIpc) is 3.51. The van der Waals surface area contributed by atoms with Crippen molar-refractivity contribution in [3.63, 3.8) is 0 Å². The molecule has 2 aliphatic rings. The number of nitrogens with zero attached hydrogens (tertiary/aromatic N) is 2. The Bertz CT molecular complexity index is 1050. The Morgan fingerprint density at radius 1 is 0.630 bits per heavy atom. The molecule has 310 valence electrons. The second kappa shape index (κ2) is 32.0. The van der Waals surface area contributed by atoms with Crippen molar-refractivity contribution in [3.8, 4) is 0 Å². The summed E-state index contributed by atoms with van der Waals surface area (Å²) in [6, 6.07) is 0. The molecule has 0 aliphatic carbocycles. The highest BCUT2D eigenvalue weighted by Crippen LogP contribution is 2.44. The standard InChI is InChI=1S/C48H84N2O4/c1-5-7-9-11-13-15-17-19-21-23-25-27-29-31-33-35-37-48(38-36-34-32-30-28-26-24-22-20-18-16-14-12-10-8-6-2)53-45-47(54-48)39-41-50(42-40-47)46(51)52-44-43-49(3)4/h7,9,13-16,19-22H,5-6,8,10-12,17-18,23-45H2,1-4H3. The Hall–Kier alpha value is -2.15. The first kappa shape index (κ1) is 48.0. The van der Waals surface area contributed by atoms with Crippen LogP contribution in [-0.4, -0.2) is 74.2 Å². The van der Waals surface area contributed by atoms with Gasteiger partial charge in [-0.1, -0.05) is 139 Å². The zero-order valence-corrected chi connectivity index (χ0v) is 35.7. The maximum absolute atomic E-state index is 12.7. The number of allylic oxidation sites excluding steroid dienone is 10. The van der Waals surface area contributed by atoms with Crippen LogP contribution in [0.3, 0.4) is 0 Å². The van der Waals surface area contributed by atoms with Crippen molar-refractivity contribution in [1.82, 2.24) is 9.80 Å². The third kappa shape index (κ3) is 23.7. The van der Waals surface area contributed by atoms with Gasteiger partial charge in [0.25, 0.3) is 0 Å². The van der Waals surface area contributed by atoms with Crippen LogP contribution in [0.25, 0.3) is 0 Å². The van der Waals surface area contributed by atoms with Gasteiger partial charge < -0.3 is 24.0 Å². The van der Waals surface area contributed by atoms with Crippen molar-refractivity contribution in [2.45, 2.75) is 192 Å². The van der Waals surface area contributed by atoms with Crippen molar-refractivity contribution in [3.05, 3.63) is 60.8 Å². The zero-order valence-electron chi connectivity index (χ0n) is 35.7. The lowest BCUT2D eigenvalue weighted by molar-refractivity contribution is -0.203. The summed E-state index contributed by atoms with van der Waals surface area (Å²) < 4.78 is 19.2. The molecule has 1 amide bonds. The largest absolute Gasteiger partial charge is 0.448 e. The average molecular weight is 753 g/mol. The molecule has 1 unspecified atom stereocenters. The summed E-state index contributed by atoms with van der Waals surface area (Å²) in [7, 11) is 3.99. The van der Waals surface area contributed by atoms with E-state index in [4.69, 9.17) is 14.2 Å².